The summed E-state index contributed by atoms with van der Waals surface area (Å²) < 4.78 is 19.5. The van der Waals surface area contributed by atoms with Gasteiger partial charge >= 0.3 is 0 Å². The number of carbonyl (C=O) groups excluding carboxylic acids is 1. The van der Waals surface area contributed by atoms with Crippen molar-refractivity contribution in [1.82, 2.24) is 25.3 Å². The van der Waals surface area contributed by atoms with Gasteiger partial charge < -0.3 is 20.5 Å². The van der Waals surface area contributed by atoms with Gasteiger partial charge in [-0.2, -0.15) is 0 Å². The van der Waals surface area contributed by atoms with Gasteiger partial charge in [-0.3, -0.25) is 9.78 Å². The molecule has 0 aliphatic rings. The maximum Gasteiger partial charge on any atom is 0.254 e. The largest absolute Gasteiger partial charge is 0.481 e. The third kappa shape index (κ3) is 4.87. The molecule has 180 valence electrons. The Hall–Kier alpha value is -4.18. The highest BCUT2D eigenvalue weighted by molar-refractivity contribution is 6.06. The van der Waals surface area contributed by atoms with Crippen molar-refractivity contribution in [3.63, 3.8) is 0 Å². The Morgan fingerprint density at radius 3 is 2.74 bits per heavy atom. The van der Waals surface area contributed by atoms with Crippen LogP contribution < -0.4 is 15.4 Å². The zero-order valence-corrected chi connectivity index (χ0v) is 19.5. The average molecular weight is 477 g/mol. The van der Waals surface area contributed by atoms with E-state index in [0.29, 0.717) is 40.4 Å². The molecule has 1 atom stereocenters. The number of aliphatic hydroxyl groups is 1. The van der Waals surface area contributed by atoms with Gasteiger partial charge in [0.15, 0.2) is 5.82 Å². The van der Waals surface area contributed by atoms with E-state index in [1.54, 1.807) is 30.5 Å². The second-order valence-electron chi connectivity index (χ2n) is 7.92. The van der Waals surface area contributed by atoms with E-state index in [1.165, 1.54) is 20.5 Å². The van der Waals surface area contributed by atoms with Gasteiger partial charge in [0.05, 0.1) is 36.7 Å². The van der Waals surface area contributed by atoms with Crippen LogP contribution in [0.15, 0.2) is 49.1 Å². The first-order valence-corrected chi connectivity index (χ1v) is 11.0. The Morgan fingerprint density at radius 2 is 2.00 bits per heavy atom. The summed E-state index contributed by atoms with van der Waals surface area (Å²) in [5, 5.41) is 15.8. The van der Waals surface area contributed by atoms with Crippen LogP contribution in [-0.2, 0) is 6.61 Å². The zero-order valence-electron chi connectivity index (χ0n) is 19.5. The van der Waals surface area contributed by atoms with Gasteiger partial charge in [0.1, 0.15) is 12.1 Å². The van der Waals surface area contributed by atoms with Crippen molar-refractivity contribution in [3.05, 3.63) is 71.6 Å². The summed E-state index contributed by atoms with van der Waals surface area (Å²) in [5.74, 6) is -0.222. The second-order valence-corrected chi connectivity index (χ2v) is 7.92. The number of carbonyl (C=O) groups is 1. The lowest BCUT2D eigenvalue weighted by Gasteiger charge is -2.17. The fraction of sp³-hybridized carbons (Fsp3) is 0.240. The topological polar surface area (TPSA) is 122 Å². The van der Waals surface area contributed by atoms with Crippen molar-refractivity contribution in [3.8, 4) is 17.1 Å². The van der Waals surface area contributed by atoms with Crippen molar-refractivity contribution in [1.29, 1.82) is 0 Å². The Balaban J connectivity index is 1.57. The van der Waals surface area contributed by atoms with E-state index < -0.39 is 11.7 Å². The molecule has 3 heterocycles. The van der Waals surface area contributed by atoms with Crippen LogP contribution in [0, 0.1) is 5.82 Å². The molecule has 0 saturated carbocycles. The number of anilines is 1. The maximum absolute atomic E-state index is 14.4. The van der Waals surface area contributed by atoms with E-state index in [9.17, 15) is 14.3 Å². The molecule has 10 heteroatoms. The van der Waals surface area contributed by atoms with Crippen LogP contribution in [-0.4, -0.2) is 51.7 Å². The first-order valence-electron chi connectivity index (χ1n) is 11.0. The molecule has 0 fully saturated rings. The number of aliphatic hydroxyl groups excluding tert-OH is 1. The lowest BCUT2D eigenvalue weighted by Crippen LogP contribution is -2.20. The summed E-state index contributed by atoms with van der Waals surface area (Å²) in [6.07, 6.45) is 4.15. The van der Waals surface area contributed by atoms with Crippen molar-refractivity contribution in [2.45, 2.75) is 19.4 Å². The molecule has 0 unspecified atom stereocenters. The fourth-order valence-electron chi connectivity index (χ4n) is 3.89. The third-order valence-corrected chi connectivity index (χ3v) is 5.71. The Labute approximate surface area is 201 Å². The SMILES string of the molecule is CNC(=O)c1c(F)cnc2c([C@H](C)CNc3cc(-c4cnc(OC)c(CO)c4)ncn3)cccc12. The number of nitrogens with one attached hydrogen (secondary N) is 2. The normalized spacial score (nSPS) is 11.8. The molecule has 4 rings (SSSR count). The summed E-state index contributed by atoms with van der Waals surface area (Å²) in [6, 6.07) is 8.96. The fourth-order valence-corrected chi connectivity index (χ4v) is 3.89. The quantitative estimate of drug-likeness (QED) is 0.354. The van der Waals surface area contributed by atoms with E-state index in [1.807, 2.05) is 13.0 Å². The number of hydrogen-bond donors (Lipinski definition) is 3. The number of ether oxygens (including phenoxy) is 1. The van der Waals surface area contributed by atoms with Crippen LogP contribution in [0.2, 0.25) is 0 Å². The van der Waals surface area contributed by atoms with Crippen LogP contribution in [0.4, 0.5) is 10.2 Å². The molecular formula is C25H25FN6O3. The van der Waals surface area contributed by atoms with Crippen molar-refractivity contribution < 1.29 is 19.0 Å². The predicted octanol–water partition coefficient (Wildman–Crippen LogP) is 3.30. The molecule has 0 spiro atoms. The van der Waals surface area contributed by atoms with E-state index in [-0.39, 0.29) is 18.1 Å². The average Bonchev–Trinajstić information content (AvgIpc) is 2.90. The van der Waals surface area contributed by atoms with Gasteiger partial charge in [0.25, 0.3) is 5.91 Å². The molecule has 9 nitrogen and oxygen atoms in total. The molecule has 0 saturated heterocycles. The number of fused-ring (bicyclic) bond motifs is 1. The van der Waals surface area contributed by atoms with Gasteiger partial charge in [-0.15, -0.1) is 0 Å². The smallest absolute Gasteiger partial charge is 0.254 e. The monoisotopic (exact) mass is 476 g/mol. The van der Waals surface area contributed by atoms with Crippen LogP contribution >= 0.6 is 0 Å². The summed E-state index contributed by atoms with van der Waals surface area (Å²) in [6.45, 7) is 2.31. The first-order chi connectivity index (χ1) is 17.0. The van der Waals surface area contributed by atoms with Gasteiger partial charge in [-0.05, 0) is 11.6 Å². The second kappa shape index (κ2) is 10.4. The summed E-state index contributed by atoms with van der Waals surface area (Å²) >= 11 is 0. The van der Waals surface area contributed by atoms with Gasteiger partial charge in [0, 0.05) is 48.3 Å². The molecule has 0 aliphatic carbocycles. The number of hydrogen-bond acceptors (Lipinski definition) is 8. The molecular weight excluding hydrogens is 451 g/mol. The highest BCUT2D eigenvalue weighted by Crippen LogP contribution is 2.28. The maximum atomic E-state index is 14.4. The highest BCUT2D eigenvalue weighted by atomic mass is 19.1. The number of amides is 1. The molecule has 1 aromatic carbocycles. The number of para-hydroxylation sites is 1. The molecule has 1 amide bonds. The Bertz CT molecular complexity index is 1380. The van der Waals surface area contributed by atoms with E-state index >= 15 is 0 Å². The standard InChI is InChI=1S/C25H25FN6O3/c1-14(17-5-4-6-18-22(24(34)27-2)19(26)11-29-23(17)18)9-28-21-8-20(31-13-32-21)15-7-16(12-33)25(35-3)30-10-15/h4-8,10-11,13-14,33H,9,12H2,1-3H3,(H,27,34)(H,28,31,32)/t14-/m1/s1. The van der Waals surface area contributed by atoms with Gasteiger partial charge in [0.2, 0.25) is 5.88 Å². The summed E-state index contributed by atoms with van der Waals surface area (Å²) in [4.78, 5) is 29.3. The number of methoxy groups -OCH3 is 1. The number of rotatable bonds is 8. The van der Waals surface area contributed by atoms with Crippen molar-refractivity contribution >= 4 is 22.6 Å². The highest BCUT2D eigenvalue weighted by Gasteiger charge is 2.19. The minimum absolute atomic E-state index is 0.0182. The van der Waals surface area contributed by atoms with Crippen molar-refractivity contribution in [2.75, 3.05) is 26.0 Å². The molecule has 35 heavy (non-hydrogen) atoms. The molecule has 0 bridgehead atoms. The summed E-state index contributed by atoms with van der Waals surface area (Å²) in [5.41, 5.74) is 3.35. The lowest BCUT2D eigenvalue weighted by atomic mass is 9.96. The molecule has 0 aliphatic heterocycles. The number of aromatic nitrogens is 4. The van der Waals surface area contributed by atoms with Gasteiger partial charge in [-0.1, -0.05) is 25.1 Å². The Kier molecular flexibility index (Phi) is 7.11. The number of benzene rings is 1. The minimum atomic E-state index is -0.661. The summed E-state index contributed by atoms with van der Waals surface area (Å²) in [7, 11) is 2.96. The van der Waals surface area contributed by atoms with Crippen LogP contribution in [0.1, 0.15) is 34.3 Å². The molecule has 3 N–H and O–H groups in total. The molecule has 4 aromatic rings. The van der Waals surface area contributed by atoms with Gasteiger partial charge in [-0.25, -0.2) is 19.3 Å². The van der Waals surface area contributed by atoms with E-state index in [4.69, 9.17) is 4.74 Å². The Morgan fingerprint density at radius 1 is 1.17 bits per heavy atom. The van der Waals surface area contributed by atoms with E-state index in [2.05, 4.69) is 30.6 Å². The lowest BCUT2D eigenvalue weighted by molar-refractivity contribution is 0.0960. The molecule has 0 radical (unpaired) electrons. The van der Waals surface area contributed by atoms with Crippen LogP contribution in [0.25, 0.3) is 22.2 Å². The first kappa shape index (κ1) is 24.0. The predicted molar refractivity (Wildman–Crippen MR) is 130 cm³/mol. The number of nitrogens with zero attached hydrogens (tertiary/aromatic N) is 4. The minimum Gasteiger partial charge on any atom is -0.481 e. The number of halogens is 1. The number of pyridine rings is 2. The van der Waals surface area contributed by atoms with Crippen molar-refractivity contribution in [2.24, 2.45) is 0 Å². The molecule has 3 aromatic heterocycles. The third-order valence-electron chi connectivity index (χ3n) is 5.71. The van der Waals surface area contributed by atoms with Crippen LogP contribution in [0.5, 0.6) is 5.88 Å². The van der Waals surface area contributed by atoms with E-state index in [0.717, 1.165) is 17.3 Å². The zero-order chi connectivity index (χ0) is 24.9. The van der Waals surface area contributed by atoms with Crippen LogP contribution in [0.3, 0.4) is 0 Å².